The van der Waals surface area contributed by atoms with Crippen molar-refractivity contribution < 1.29 is 14.4 Å². The first-order valence-corrected chi connectivity index (χ1v) is 5.14. The molecule has 0 aliphatic heterocycles. The molecule has 0 atom stereocenters. The van der Waals surface area contributed by atoms with Gasteiger partial charge in [0.1, 0.15) is 0 Å². The summed E-state index contributed by atoms with van der Waals surface area (Å²) in [6.45, 7) is 2.75. The Morgan fingerprint density at radius 2 is 1.59 bits per heavy atom. The number of Topliss-reactive ketones (excluding diaryl/α,β-unsaturated/α-hetero) is 1. The summed E-state index contributed by atoms with van der Waals surface area (Å²) >= 11 is 0. The molecule has 2 N–H and O–H groups in total. The van der Waals surface area contributed by atoms with Gasteiger partial charge in [-0.15, -0.1) is 0 Å². The maximum atomic E-state index is 11.6. The van der Waals surface area contributed by atoms with Crippen LogP contribution in [0, 0.1) is 0 Å². The van der Waals surface area contributed by atoms with Crippen LogP contribution in [0.25, 0.3) is 0 Å². The van der Waals surface area contributed by atoms with Crippen LogP contribution < -0.4 is 10.6 Å². The van der Waals surface area contributed by atoms with E-state index in [1.165, 1.54) is 13.8 Å². The van der Waals surface area contributed by atoms with E-state index in [4.69, 9.17) is 0 Å². The first-order chi connectivity index (χ1) is 7.99. The number of carbonyl (C=O) groups is 3. The summed E-state index contributed by atoms with van der Waals surface area (Å²) in [6, 6.07) is 6.50. The predicted molar refractivity (Wildman–Crippen MR) is 63.8 cm³/mol. The van der Waals surface area contributed by atoms with Crippen LogP contribution in [0.2, 0.25) is 0 Å². The van der Waals surface area contributed by atoms with Gasteiger partial charge in [0.2, 0.25) is 11.8 Å². The number of benzene rings is 1. The van der Waals surface area contributed by atoms with E-state index in [1.54, 1.807) is 24.3 Å². The van der Waals surface area contributed by atoms with Gasteiger partial charge >= 0.3 is 0 Å². The van der Waals surface area contributed by atoms with E-state index in [1.807, 2.05) is 0 Å². The van der Waals surface area contributed by atoms with Crippen LogP contribution in [-0.4, -0.2) is 24.1 Å². The van der Waals surface area contributed by atoms with Crippen molar-refractivity contribution >= 4 is 23.3 Å². The monoisotopic (exact) mass is 234 g/mol. The van der Waals surface area contributed by atoms with E-state index in [9.17, 15) is 14.4 Å². The van der Waals surface area contributed by atoms with E-state index in [-0.39, 0.29) is 24.1 Å². The minimum atomic E-state index is -0.242. The molecule has 0 radical (unpaired) electrons. The lowest BCUT2D eigenvalue weighted by atomic mass is 10.1. The number of hydrogen-bond donors (Lipinski definition) is 2. The maximum Gasteiger partial charge on any atom is 0.221 e. The summed E-state index contributed by atoms with van der Waals surface area (Å²) in [7, 11) is 0. The van der Waals surface area contributed by atoms with Gasteiger partial charge in [-0.1, -0.05) is 0 Å². The Labute approximate surface area is 99.2 Å². The molecular formula is C12H14N2O3. The zero-order chi connectivity index (χ0) is 12.8. The summed E-state index contributed by atoms with van der Waals surface area (Å²) < 4.78 is 0. The second-order valence-corrected chi connectivity index (χ2v) is 3.59. The van der Waals surface area contributed by atoms with Crippen molar-refractivity contribution in [3.05, 3.63) is 29.8 Å². The summed E-state index contributed by atoms with van der Waals surface area (Å²) in [4.78, 5) is 33.0. The van der Waals surface area contributed by atoms with Crippen LogP contribution in [0.4, 0.5) is 5.69 Å². The Kier molecular flexibility index (Phi) is 4.39. The number of nitrogens with one attached hydrogen (secondary N) is 2. The third kappa shape index (κ3) is 4.46. The average Bonchev–Trinajstić information content (AvgIpc) is 2.26. The fourth-order valence-corrected chi connectivity index (χ4v) is 1.25. The molecular weight excluding hydrogens is 220 g/mol. The maximum absolute atomic E-state index is 11.6. The molecule has 0 bridgehead atoms. The summed E-state index contributed by atoms with van der Waals surface area (Å²) in [6.07, 6.45) is 0. The Morgan fingerprint density at radius 1 is 1.00 bits per heavy atom. The van der Waals surface area contributed by atoms with Gasteiger partial charge in [-0.25, -0.2) is 0 Å². The number of ketones is 1. The highest BCUT2D eigenvalue weighted by atomic mass is 16.2. The fourth-order valence-electron chi connectivity index (χ4n) is 1.25. The molecule has 0 spiro atoms. The lowest BCUT2D eigenvalue weighted by molar-refractivity contribution is -0.118. The van der Waals surface area contributed by atoms with E-state index in [2.05, 4.69) is 10.6 Å². The zero-order valence-electron chi connectivity index (χ0n) is 9.74. The van der Waals surface area contributed by atoms with Crippen molar-refractivity contribution in [2.45, 2.75) is 13.8 Å². The summed E-state index contributed by atoms with van der Waals surface area (Å²) in [5.74, 6) is -0.579. The van der Waals surface area contributed by atoms with E-state index >= 15 is 0 Å². The molecule has 0 heterocycles. The molecule has 0 saturated heterocycles. The lowest BCUT2D eigenvalue weighted by Gasteiger charge is -2.04. The number of hydrogen-bond acceptors (Lipinski definition) is 3. The summed E-state index contributed by atoms with van der Waals surface area (Å²) in [5, 5.41) is 5.03. The first-order valence-electron chi connectivity index (χ1n) is 5.14. The number of anilines is 1. The molecule has 90 valence electrons. The quantitative estimate of drug-likeness (QED) is 0.762. The van der Waals surface area contributed by atoms with Crippen LogP contribution in [0.15, 0.2) is 24.3 Å². The molecule has 0 saturated carbocycles. The van der Waals surface area contributed by atoms with Crippen molar-refractivity contribution in [3.8, 4) is 0 Å². The molecule has 0 aromatic heterocycles. The van der Waals surface area contributed by atoms with Gasteiger partial charge in [0.05, 0.1) is 6.54 Å². The SMILES string of the molecule is CC(=O)NCC(=O)c1ccc(NC(C)=O)cc1. The van der Waals surface area contributed by atoms with Crippen molar-refractivity contribution in [2.24, 2.45) is 0 Å². The molecule has 1 aromatic rings. The van der Waals surface area contributed by atoms with Crippen molar-refractivity contribution in [3.63, 3.8) is 0 Å². The topological polar surface area (TPSA) is 75.3 Å². The van der Waals surface area contributed by atoms with E-state index in [0.717, 1.165) is 0 Å². The van der Waals surface area contributed by atoms with Crippen LogP contribution >= 0.6 is 0 Å². The largest absolute Gasteiger partial charge is 0.349 e. The van der Waals surface area contributed by atoms with Gasteiger partial charge in [0, 0.05) is 25.1 Å². The van der Waals surface area contributed by atoms with Gasteiger partial charge in [0.25, 0.3) is 0 Å². The normalized spacial score (nSPS) is 9.53. The van der Waals surface area contributed by atoms with Crippen LogP contribution in [0.1, 0.15) is 24.2 Å². The number of rotatable bonds is 4. The van der Waals surface area contributed by atoms with Crippen molar-refractivity contribution in [1.29, 1.82) is 0 Å². The highest BCUT2D eigenvalue weighted by Crippen LogP contribution is 2.09. The van der Waals surface area contributed by atoms with Gasteiger partial charge in [-0.2, -0.15) is 0 Å². The lowest BCUT2D eigenvalue weighted by Crippen LogP contribution is -2.27. The number of carbonyl (C=O) groups excluding carboxylic acids is 3. The standard InChI is InChI=1S/C12H14N2O3/c1-8(15)13-7-12(17)10-3-5-11(6-4-10)14-9(2)16/h3-6H,7H2,1-2H3,(H,13,15)(H,14,16). The summed E-state index contributed by atoms with van der Waals surface area (Å²) in [5.41, 5.74) is 1.13. The molecule has 17 heavy (non-hydrogen) atoms. The zero-order valence-corrected chi connectivity index (χ0v) is 9.74. The first kappa shape index (κ1) is 12.9. The minimum absolute atomic E-state index is 0.0190. The van der Waals surface area contributed by atoms with Crippen molar-refractivity contribution in [2.75, 3.05) is 11.9 Å². The second kappa shape index (κ2) is 5.79. The fraction of sp³-hybridized carbons (Fsp3) is 0.250. The van der Waals surface area contributed by atoms with E-state index < -0.39 is 0 Å². The van der Waals surface area contributed by atoms with Crippen LogP contribution in [-0.2, 0) is 9.59 Å². The molecule has 5 nitrogen and oxygen atoms in total. The molecule has 1 aromatic carbocycles. The van der Waals surface area contributed by atoms with Crippen molar-refractivity contribution in [1.82, 2.24) is 5.32 Å². The molecule has 2 amide bonds. The van der Waals surface area contributed by atoms with Crippen LogP contribution in [0.3, 0.4) is 0 Å². The van der Waals surface area contributed by atoms with Gasteiger partial charge in [-0.3, -0.25) is 14.4 Å². The third-order valence-corrected chi connectivity index (χ3v) is 2.03. The van der Waals surface area contributed by atoms with Gasteiger partial charge in [0.15, 0.2) is 5.78 Å². The van der Waals surface area contributed by atoms with Gasteiger partial charge in [-0.05, 0) is 24.3 Å². The average molecular weight is 234 g/mol. The molecule has 0 unspecified atom stereocenters. The molecule has 0 aliphatic rings. The molecule has 0 aliphatic carbocycles. The Hall–Kier alpha value is -2.17. The predicted octanol–water partition coefficient (Wildman–Crippen LogP) is 0.964. The van der Waals surface area contributed by atoms with E-state index in [0.29, 0.717) is 11.3 Å². The highest BCUT2D eigenvalue weighted by molar-refractivity contribution is 5.99. The molecule has 1 rings (SSSR count). The Balaban J connectivity index is 2.63. The molecule has 0 fully saturated rings. The van der Waals surface area contributed by atoms with Gasteiger partial charge < -0.3 is 10.6 Å². The Morgan fingerprint density at radius 3 is 2.06 bits per heavy atom. The number of amides is 2. The molecule has 5 heteroatoms. The second-order valence-electron chi connectivity index (χ2n) is 3.59. The van der Waals surface area contributed by atoms with Crippen LogP contribution in [0.5, 0.6) is 0 Å². The smallest absolute Gasteiger partial charge is 0.221 e. The Bertz CT molecular complexity index is 438. The highest BCUT2D eigenvalue weighted by Gasteiger charge is 2.06. The minimum Gasteiger partial charge on any atom is -0.349 e. The third-order valence-electron chi connectivity index (χ3n) is 2.03.